The number of rotatable bonds is 4. The van der Waals surface area contributed by atoms with Crippen LogP contribution in [0, 0.1) is 11.7 Å². The highest BCUT2D eigenvalue weighted by Gasteiger charge is 2.24. The first-order chi connectivity index (χ1) is 11.6. The highest BCUT2D eigenvalue weighted by molar-refractivity contribution is 5.74. The lowest BCUT2D eigenvalue weighted by Gasteiger charge is -2.32. The number of carbonyl (C=O) groups is 1. The van der Waals surface area contributed by atoms with E-state index in [4.69, 9.17) is 0 Å². The standard InChI is InChI=1S/C17H22FN5O/c1-22-12-20-21-16(22)9-14-3-2-8-23(11-14)17(24)19-10-13-4-6-15(18)7-5-13/h4-7,12,14H,2-3,8-11H2,1H3,(H,19,24). The van der Waals surface area contributed by atoms with Crippen LogP contribution in [0.2, 0.25) is 0 Å². The van der Waals surface area contributed by atoms with Gasteiger partial charge in [0.2, 0.25) is 0 Å². The van der Waals surface area contributed by atoms with Crippen molar-refractivity contribution in [2.24, 2.45) is 13.0 Å². The van der Waals surface area contributed by atoms with Crippen molar-refractivity contribution in [3.63, 3.8) is 0 Å². The van der Waals surface area contributed by atoms with E-state index in [1.54, 1.807) is 18.5 Å². The van der Waals surface area contributed by atoms with Crippen LogP contribution >= 0.6 is 0 Å². The summed E-state index contributed by atoms with van der Waals surface area (Å²) in [5.74, 6) is 1.08. The van der Waals surface area contributed by atoms with Gasteiger partial charge in [-0.05, 0) is 36.5 Å². The molecule has 1 atom stereocenters. The molecule has 1 aliphatic rings. The van der Waals surface area contributed by atoms with Crippen molar-refractivity contribution in [3.05, 3.63) is 47.8 Å². The molecule has 0 radical (unpaired) electrons. The first-order valence-corrected chi connectivity index (χ1v) is 8.22. The van der Waals surface area contributed by atoms with Gasteiger partial charge in [0.15, 0.2) is 0 Å². The second kappa shape index (κ2) is 7.42. The number of amides is 2. The molecule has 1 aliphatic heterocycles. The highest BCUT2D eigenvalue weighted by Crippen LogP contribution is 2.20. The van der Waals surface area contributed by atoms with E-state index in [-0.39, 0.29) is 11.8 Å². The van der Waals surface area contributed by atoms with Crippen LogP contribution < -0.4 is 5.32 Å². The summed E-state index contributed by atoms with van der Waals surface area (Å²) in [7, 11) is 1.94. The minimum absolute atomic E-state index is 0.0676. The molecule has 7 heteroatoms. The third-order valence-corrected chi connectivity index (χ3v) is 4.44. The van der Waals surface area contributed by atoms with Crippen molar-refractivity contribution in [2.45, 2.75) is 25.8 Å². The predicted molar refractivity (Wildman–Crippen MR) is 87.6 cm³/mol. The quantitative estimate of drug-likeness (QED) is 0.933. The summed E-state index contributed by atoms with van der Waals surface area (Å²) in [5.41, 5.74) is 0.886. The number of nitrogens with one attached hydrogen (secondary N) is 1. The normalized spacial score (nSPS) is 17.8. The zero-order valence-electron chi connectivity index (χ0n) is 13.8. The molecule has 0 aliphatic carbocycles. The summed E-state index contributed by atoms with van der Waals surface area (Å²) in [5, 5.41) is 10.9. The summed E-state index contributed by atoms with van der Waals surface area (Å²) >= 11 is 0. The molecule has 1 fully saturated rings. The maximum atomic E-state index is 12.9. The van der Waals surface area contributed by atoms with Gasteiger partial charge in [-0.15, -0.1) is 10.2 Å². The molecule has 1 aromatic heterocycles. The SMILES string of the molecule is Cn1cnnc1CC1CCCN(C(=O)NCc2ccc(F)cc2)C1. The number of urea groups is 1. The number of aromatic nitrogens is 3. The molecule has 0 saturated carbocycles. The van der Waals surface area contributed by atoms with Crippen LogP contribution in [0.1, 0.15) is 24.2 Å². The molecule has 0 bridgehead atoms. The maximum Gasteiger partial charge on any atom is 0.317 e. The lowest BCUT2D eigenvalue weighted by atomic mass is 9.94. The van der Waals surface area contributed by atoms with E-state index in [1.165, 1.54) is 12.1 Å². The predicted octanol–water partition coefficient (Wildman–Crippen LogP) is 2.12. The molecule has 2 aromatic rings. The second-order valence-corrected chi connectivity index (χ2v) is 6.30. The fraction of sp³-hybridized carbons (Fsp3) is 0.471. The number of likely N-dealkylation sites (tertiary alicyclic amines) is 1. The third-order valence-electron chi connectivity index (χ3n) is 4.44. The van der Waals surface area contributed by atoms with Crippen molar-refractivity contribution in [1.82, 2.24) is 25.0 Å². The molecule has 1 N–H and O–H groups in total. The number of nitrogens with zero attached hydrogens (tertiary/aromatic N) is 4. The Hall–Kier alpha value is -2.44. The molecule has 2 heterocycles. The zero-order valence-corrected chi connectivity index (χ0v) is 13.8. The Kier molecular flexibility index (Phi) is 5.08. The Bertz CT molecular complexity index is 685. The Labute approximate surface area is 140 Å². The number of aryl methyl sites for hydroxylation is 1. The van der Waals surface area contributed by atoms with Gasteiger partial charge in [-0.2, -0.15) is 0 Å². The van der Waals surface area contributed by atoms with Gasteiger partial charge in [0.1, 0.15) is 18.0 Å². The van der Waals surface area contributed by atoms with Crippen molar-refractivity contribution >= 4 is 6.03 Å². The summed E-state index contributed by atoms with van der Waals surface area (Å²) in [6.07, 6.45) is 4.62. The van der Waals surface area contributed by atoms with Crippen LogP contribution in [-0.4, -0.2) is 38.8 Å². The van der Waals surface area contributed by atoms with Gasteiger partial charge in [-0.3, -0.25) is 0 Å². The molecule has 1 saturated heterocycles. The van der Waals surface area contributed by atoms with E-state index in [0.717, 1.165) is 43.7 Å². The van der Waals surface area contributed by atoms with Crippen LogP contribution in [0.5, 0.6) is 0 Å². The molecule has 24 heavy (non-hydrogen) atoms. The molecule has 1 unspecified atom stereocenters. The number of hydrogen-bond acceptors (Lipinski definition) is 3. The number of benzene rings is 1. The zero-order chi connectivity index (χ0) is 16.9. The fourth-order valence-corrected chi connectivity index (χ4v) is 3.06. The summed E-state index contributed by atoms with van der Waals surface area (Å²) < 4.78 is 14.8. The van der Waals surface area contributed by atoms with E-state index in [9.17, 15) is 9.18 Å². The Morgan fingerprint density at radius 2 is 2.17 bits per heavy atom. The fourth-order valence-electron chi connectivity index (χ4n) is 3.06. The van der Waals surface area contributed by atoms with Gasteiger partial charge >= 0.3 is 6.03 Å². The Morgan fingerprint density at radius 1 is 1.38 bits per heavy atom. The molecule has 128 valence electrons. The monoisotopic (exact) mass is 331 g/mol. The van der Waals surface area contributed by atoms with Gasteiger partial charge in [0, 0.05) is 33.1 Å². The maximum absolute atomic E-state index is 12.9. The van der Waals surface area contributed by atoms with Crippen molar-refractivity contribution in [2.75, 3.05) is 13.1 Å². The lowest BCUT2D eigenvalue weighted by Crippen LogP contribution is -2.45. The Morgan fingerprint density at radius 3 is 2.88 bits per heavy atom. The van der Waals surface area contributed by atoms with Crippen LogP contribution in [0.25, 0.3) is 0 Å². The van der Waals surface area contributed by atoms with Crippen molar-refractivity contribution < 1.29 is 9.18 Å². The molecule has 0 spiro atoms. The van der Waals surface area contributed by atoms with Crippen LogP contribution in [0.15, 0.2) is 30.6 Å². The van der Waals surface area contributed by atoms with E-state index < -0.39 is 0 Å². The largest absolute Gasteiger partial charge is 0.334 e. The first kappa shape index (κ1) is 16.4. The van der Waals surface area contributed by atoms with E-state index in [2.05, 4.69) is 15.5 Å². The van der Waals surface area contributed by atoms with Crippen LogP contribution in [0.4, 0.5) is 9.18 Å². The number of piperidine rings is 1. The molecule has 6 nitrogen and oxygen atoms in total. The second-order valence-electron chi connectivity index (χ2n) is 6.30. The number of hydrogen-bond donors (Lipinski definition) is 1. The van der Waals surface area contributed by atoms with Gasteiger partial charge in [-0.25, -0.2) is 9.18 Å². The lowest BCUT2D eigenvalue weighted by molar-refractivity contribution is 0.164. The molecule has 1 aromatic carbocycles. The smallest absolute Gasteiger partial charge is 0.317 e. The number of halogens is 1. The summed E-state index contributed by atoms with van der Waals surface area (Å²) in [4.78, 5) is 14.2. The van der Waals surface area contributed by atoms with E-state index in [0.29, 0.717) is 12.5 Å². The van der Waals surface area contributed by atoms with Crippen molar-refractivity contribution in [1.29, 1.82) is 0 Å². The average Bonchev–Trinajstić information content (AvgIpc) is 2.99. The number of carbonyl (C=O) groups excluding carboxylic acids is 1. The average molecular weight is 331 g/mol. The van der Waals surface area contributed by atoms with Gasteiger partial charge in [-0.1, -0.05) is 12.1 Å². The van der Waals surface area contributed by atoms with Gasteiger partial charge in [0.05, 0.1) is 0 Å². The van der Waals surface area contributed by atoms with Crippen LogP contribution in [-0.2, 0) is 20.0 Å². The molecule has 3 rings (SSSR count). The highest BCUT2D eigenvalue weighted by atomic mass is 19.1. The minimum Gasteiger partial charge on any atom is -0.334 e. The Balaban J connectivity index is 1.51. The topological polar surface area (TPSA) is 63.1 Å². The van der Waals surface area contributed by atoms with E-state index in [1.807, 2.05) is 16.5 Å². The first-order valence-electron chi connectivity index (χ1n) is 8.22. The molecular weight excluding hydrogens is 309 g/mol. The molecular formula is C17H22FN5O. The summed E-state index contributed by atoms with van der Waals surface area (Å²) in [6, 6.07) is 6.10. The van der Waals surface area contributed by atoms with Gasteiger partial charge < -0.3 is 14.8 Å². The van der Waals surface area contributed by atoms with Crippen molar-refractivity contribution in [3.8, 4) is 0 Å². The van der Waals surface area contributed by atoms with Crippen LogP contribution in [0.3, 0.4) is 0 Å². The molecule has 2 amide bonds. The summed E-state index contributed by atoms with van der Waals surface area (Å²) in [6.45, 7) is 1.90. The third kappa shape index (κ3) is 4.10. The minimum atomic E-state index is -0.271. The van der Waals surface area contributed by atoms with E-state index >= 15 is 0 Å². The van der Waals surface area contributed by atoms with Gasteiger partial charge in [0.25, 0.3) is 0 Å².